The molecule has 1 aromatic heterocycles. The predicted octanol–water partition coefficient (Wildman–Crippen LogP) is 1.96. The van der Waals surface area contributed by atoms with Crippen LogP contribution in [0.1, 0.15) is 68.8 Å². The van der Waals surface area contributed by atoms with Crippen molar-refractivity contribution in [1.29, 1.82) is 0 Å². The largest absolute Gasteiger partial charge is 0.463 e. The molecule has 14 heteroatoms. The summed E-state index contributed by atoms with van der Waals surface area (Å²) in [6.45, 7) is 6.97. The van der Waals surface area contributed by atoms with Gasteiger partial charge in [-0.1, -0.05) is 24.6 Å². The summed E-state index contributed by atoms with van der Waals surface area (Å²) >= 11 is 0. The van der Waals surface area contributed by atoms with Crippen LogP contribution in [0.5, 0.6) is 0 Å². The molecule has 13 nitrogen and oxygen atoms in total. The number of pyridine rings is 1. The molecule has 3 aliphatic rings. The molecule has 45 heavy (non-hydrogen) atoms. The minimum atomic E-state index is -4.08. The lowest BCUT2D eigenvalue weighted by Crippen LogP contribution is -2.49. The fraction of sp³-hybridized carbons (Fsp3) is 0.548. The van der Waals surface area contributed by atoms with E-state index in [4.69, 9.17) is 18.9 Å². The second kappa shape index (κ2) is 12.7. The van der Waals surface area contributed by atoms with Crippen LogP contribution in [0.4, 0.5) is 0 Å². The SMILES string of the molecule is CCOC(=O)[C@@](CC)(OC(=O)C1CCCN1S(=O)(=O)c1ccc(C)cc1)c1cc2n(c(=O)c1CNC(C)=O)CCC21OCCO1. The molecule has 1 N–H and O–H groups in total. The average Bonchev–Trinajstić information content (AvgIpc) is 3.77. The van der Waals surface area contributed by atoms with Crippen LogP contribution in [0.3, 0.4) is 0 Å². The molecule has 0 aliphatic carbocycles. The van der Waals surface area contributed by atoms with Crippen LogP contribution in [0.2, 0.25) is 0 Å². The summed E-state index contributed by atoms with van der Waals surface area (Å²) in [5, 5.41) is 2.62. The lowest BCUT2D eigenvalue weighted by atomic mass is 9.86. The maximum Gasteiger partial charge on any atom is 0.355 e. The highest BCUT2D eigenvalue weighted by Crippen LogP contribution is 2.43. The fourth-order valence-electron chi connectivity index (χ4n) is 6.31. The Balaban J connectivity index is 1.62. The molecule has 2 aromatic rings. The fourth-order valence-corrected chi connectivity index (χ4v) is 7.96. The van der Waals surface area contributed by atoms with Gasteiger partial charge in [0.05, 0.1) is 30.4 Å². The Kier molecular flexibility index (Phi) is 9.23. The molecule has 0 bridgehead atoms. The van der Waals surface area contributed by atoms with E-state index in [1.54, 1.807) is 32.0 Å². The molecule has 1 spiro atoms. The summed E-state index contributed by atoms with van der Waals surface area (Å²) < 4.78 is 53.3. The molecule has 3 aliphatic heterocycles. The van der Waals surface area contributed by atoms with E-state index in [0.29, 0.717) is 31.7 Å². The van der Waals surface area contributed by atoms with Gasteiger partial charge in [0.15, 0.2) is 0 Å². The highest BCUT2D eigenvalue weighted by atomic mass is 32.2. The topological polar surface area (TPSA) is 160 Å². The van der Waals surface area contributed by atoms with Crippen molar-refractivity contribution in [1.82, 2.24) is 14.2 Å². The number of carbonyl (C=O) groups excluding carboxylic acids is 3. The third-order valence-corrected chi connectivity index (χ3v) is 10.6. The number of esters is 2. The third kappa shape index (κ3) is 5.80. The Bertz CT molecular complexity index is 1650. The molecular weight excluding hydrogens is 606 g/mol. The lowest BCUT2D eigenvalue weighted by molar-refractivity contribution is -0.187. The number of rotatable bonds is 10. The number of benzene rings is 1. The van der Waals surface area contributed by atoms with Crippen LogP contribution in [-0.2, 0) is 67.8 Å². The van der Waals surface area contributed by atoms with Gasteiger partial charge in [0.1, 0.15) is 6.04 Å². The quantitative estimate of drug-likeness (QED) is 0.379. The second-order valence-corrected chi connectivity index (χ2v) is 13.3. The van der Waals surface area contributed by atoms with Gasteiger partial charge in [-0.05, 0) is 51.3 Å². The van der Waals surface area contributed by atoms with Crippen LogP contribution in [0.25, 0.3) is 0 Å². The number of aryl methyl sites for hydroxylation is 1. The Morgan fingerprint density at radius 3 is 2.42 bits per heavy atom. The number of amides is 1. The van der Waals surface area contributed by atoms with Crippen molar-refractivity contribution < 1.29 is 41.7 Å². The van der Waals surface area contributed by atoms with Crippen molar-refractivity contribution in [3.8, 4) is 0 Å². The average molecular weight is 646 g/mol. The molecule has 0 saturated carbocycles. The van der Waals surface area contributed by atoms with Crippen LogP contribution in [0, 0.1) is 6.92 Å². The number of hydrogen-bond acceptors (Lipinski definition) is 10. The number of ether oxygens (including phenoxy) is 4. The first-order valence-electron chi connectivity index (χ1n) is 15.2. The van der Waals surface area contributed by atoms with Crippen LogP contribution in [0.15, 0.2) is 40.0 Å². The van der Waals surface area contributed by atoms with E-state index >= 15 is 0 Å². The monoisotopic (exact) mass is 645 g/mol. The van der Waals surface area contributed by atoms with Gasteiger partial charge in [-0.25, -0.2) is 13.2 Å². The number of carbonyl (C=O) groups is 3. The normalized spacial score (nSPS) is 20.5. The zero-order chi connectivity index (χ0) is 32.6. The van der Waals surface area contributed by atoms with Gasteiger partial charge < -0.3 is 28.8 Å². The molecule has 4 heterocycles. The Morgan fingerprint density at radius 1 is 1.11 bits per heavy atom. The summed E-state index contributed by atoms with van der Waals surface area (Å²) in [5.74, 6) is -3.51. The molecule has 2 fully saturated rings. The van der Waals surface area contributed by atoms with Gasteiger partial charge in [-0.3, -0.25) is 14.4 Å². The van der Waals surface area contributed by atoms with Gasteiger partial charge in [0, 0.05) is 44.1 Å². The highest BCUT2D eigenvalue weighted by Gasteiger charge is 2.53. The maximum absolute atomic E-state index is 14.1. The van der Waals surface area contributed by atoms with Gasteiger partial charge in [-0.2, -0.15) is 4.31 Å². The van der Waals surface area contributed by atoms with Crippen LogP contribution in [-0.4, -0.2) is 67.5 Å². The van der Waals surface area contributed by atoms with Gasteiger partial charge in [-0.15, -0.1) is 0 Å². The number of sulfonamides is 1. The summed E-state index contributed by atoms with van der Waals surface area (Å²) in [4.78, 5) is 53.9. The molecule has 1 amide bonds. The number of fused-ring (bicyclic) bond motifs is 2. The van der Waals surface area contributed by atoms with Gasteiger partial charge >= 0.3 is 11.9 Å². The summed E-state index contributed by atoms with van der Waals surface area (Å²) in [7, 11) is -4.08. The van der Waals surface area contributed by atoms with Crippen molar-refractivity contribution in [2.75, 3.05) is 26.4 Å². The summed E-state index contributed by atoms with van der Waals surface area (Å²) in [5.41, 5.74) is -1.37. The van der Waals surface area contributed by atoms with E-state index < -0.39 is 50.9 Å². The lowest BCUT2D eigenvalue weighted by Gasteiger charge is -2.35. The first-order chi connectivity index (χ1) is 21.4. The first-order valence-corrected chi connectivity index (χ1v) is 16.6. The molecule has 1 aromatic carbocycles. The Hall–Kier alpha value is -3.59. The van der Waals surface area contributed by atoms with Gasteiger partial charge in [0.25, 0.3) is 5.56 Å². The van der Waals surface area contributed by atoms with E-state index in [1.807, 2.05) is 6.92 Å². The van der Waals surface area contributed by atoms with Crippen molar-refractivity contribution in [2.24, 2.45) is 0 Å². The Labute approximate surface area is 261 Å². The van der Waals surface area contributed by atoms with Crippen molar-refractivity contribution in [3.63, 3.8) is 0 Å². The first kappa shape index (κ1) is 32.8. The number of hydrogen-bond donors (Lipinski definition) is 1. The Morgan fingerprint density at radius 2 is 1.80 bits per heavy atom. The molecule has 0 radical (unpaired) electrons. The van der Waals surface area contributed by atoms with Crippen molar-refractivity contribution in [2.45, 2.75) is 88.8 Å². The molecule has 2 atom stereocenters. The second-order valence-electron chi connectivity index (χ2n) is 11.4. The minimum absolute atomic E-state index is 0.0214. The number of nitrogens with zero attached hydrogens (tertiary/aromatic N) is 2. The third-order valence-electron chi connectivity index (χ3n) is 8.64. The molecule has 1 unspecified atom stereocenters. The maximum atomic E-state index is 14.1. The summed E-state index contributed by atoms with van der Waals surface area (Å²) in [6, 6.07) is 6.64. The van der Waals surface area contributed by atoms with Gasteiger partial charge in [0.2, 0.25) is 27.3 Å². The molecule has 244 valence electrons. The zero-order valence-corrected chi connectivity index (χ0v) is 26.7. The minimum Gasteiger partial charge on any atom is -0.463 e. The predicted molar refractivity (Wildman–Crippen MR) is 159 cm³/mol. The molecular formula is C31H39N3O10S. The van der Waals surface area contributed by atoms with Crippen molar-refractivity contribution in [3.05, 3.63) is 63.1 Å². The van der Waals surface area contributed by atoms with Crippen molar-refractivity contribution >= 4 is 27.9 Å². The van der Waals surface area contributed by atoms with Crippen LogP contribution >= 0.6 is 0 Å². The van der Waals surface area contributed by atoms with E-state index in [2.05, 4.69) is 5.32 Å². The molecule has 2 saturated heterocycles. The van der Waals surface area contributed by atoms with E-state index in [-0.39, 0.29) is 55.1 Å². The van der Waals surface area contributed by atoms with E-state index in [9.17, 15) is 27.6 Å². The zero-order valence-electron chi connectivity index (χ0n) is 25.9. The smallest absolute Gasteiger partial charge is 0.355 e. The number of nitrogens with one attached hydrogen (secondary N) is 1. The van der Waals surface area contributed by atoms with E-state index in [0.717, 1.165) is 9.87 Å². The number of aromatic nitrogens is 1. The highest BCUT2D eigenvalue weighted by molar-refractivity contribution is 7.89. The standard InChI is InChI=1S/C31H39N3O10S/c1-5-30(29(38)41-6-2,44-28(37)25-8-7-14-34(25)45(39,40)22-11-9-20(3)10-12-22)24-18-26-31(42-16-17-43-31)13-15-33(26)27(36)23(24)19-32-21(4)35/h9-12,18,25H,5-8,13-17,19H2,1-4H3,(H,32,35)/t25?,30-/m0/s1. The molecule has 5 rings (SSSR count). The summed E-state index contributed by atoms with van der Waals surface area (Å²) in [6.07, 6.45) is 0.759. The van der Waals surface area contributed by atoms with Crippen LogP contribution < -0.4 is 10.9 Å². The van der Waals surface area contributed by atoms with E-state index in [1.165, 1.54) is 23.6 Å².